The fourth-order valence-electron chi connectivity index (χ4n) is 3.06. The number of nitrogens with two attached hydrogens (primary N) is 2. The van der Waals surface area contributed by atoms with E-state index in [0.29, 0.717) is 27.0 Å². The molecule has 2 amide bonds. The topological polar surface area (TPSA) is 95.9 Å². The molecule has 0 atom stereocenters. The van der Waals surface area contributed by atoms with Crippen LogP contribution in [0.2, 0.25) is 5.02 Å². The first-order valence-electron chi connectivity index (χ1n) is 10.5. The summed E-state index contributed by atoms with van der Waals surface area (Å²) < 4.78 is 0. The van der Waals surface area contributed by atoms with Gasteiger partial charge in [0, 0.05) is 28.5 Å². The van der Waals surface area contributed by atoms with E-state index in [1.807, 2.05) is 14.1 Å². The van der Waals surface area contributed by atoms with Gasteiger partial charge in [-0.15, -0.1) is 0 Å². The van der Waals surface area contributed by atoms with Gasteiger partial charge in [-0.2, -0.15) is 0 Å². The molecule has 0 bridgehead atoms. The summed E-state index contributed by atoms with van der Waals surface area (Å²) >= 11 is 12.1. The third-order valence-electron chi connectivity index (χ3n) is 5.00. The Morgan fingerprint density at radius 3 is 2.26 bits per heavy atom. The van der Waals surface area contributed by atoms with Crippen molar-refractivity contribution in [2.75, 3.05) is 38.3 Å². The number of amides is 2. The van der Waals surface area contributed by atoms with Gasteiger partial charge >= 0.3 is 0 Å². The lowest BCUT2D eigenvalue weighted by Crippen LogP contribution is -2.35. The van der Waals surface area contributed by atoms with Crippen LogP contribution in [0.3, 0.4) is 0 Å². The molecule has 0 aliphatic heterocycles. The number of anilines is 2. The number of nitrogens with zero attached hydrogens (tertiary/aromatic N) is 3. The van der Waals surface area contributed by atoms with Crippen molar-refractivity contribution >= 4 is 52.1 Å². The second-order valence-electron chi connectivity index (χ2n) is 7.90. The predicted molar refractivity (Wildman–Crippen MR) is 146 cm³/mol. The zero-order valence-corrected chi connectivity index (χ0v) is 21.5. The van der Waals surface area contributed by atoms with E-state index >= 15 is 0 Å². The number of hydrogen-bond donors (Lipinski definition) is 2. The van der Waals surface area contributed by atoms with Crippen molar-refractivity contribution in [3.05, 3.63) is 101 Å². The van der Waals surface area contributed by atoms with Crippen molar-refractivity contribution in [3.8, 4) is 0 Å². The van der Waals surface area contributed by atoms with Crippen LogP contribution in [0.15, 0.2) is 84.7 Å². The van der Waals surface area contributed by atoms with E-state index < -0.39 is 5.91 Å². The molecular weight excluding hydrogens is 485 g/mol. The summed E-state index contributed by atoms with van der Waals surface area (Å²) in [5, 5.41) is 0.683. The molecule has 35 heavy (non-hydrogen) atoms. The fraction of sp³-hybridized carbons (Fsp3) is 0.154. The Bertz CT molecular complexity index is 1190. The van der Waals surface area contributed by atoms with E-state index in [9.17, 15) is 9.59 Å². The number of nitrogen functional groups attached to an aromatic ring is 1. The van der Waals surface area contributed by atoms with E-state index in [1.54, 1.807) is 53.2 Å². The lowest BCUT2D eigenvalue weighted by molar-refractivity contribution is -0.118. The summed E-state index contributed by atoms with van der Waals surface area (Å²) in [6.07, 6.45) is 4.41. The summed E-state index contributed by atoms with van der Waals surface area (Å²) in [7, 11) is 5.35. The number of rotatable bonds is 9. The summed E-state index contributed by atoms with van der Waals surface area (Å²) in [5.41, 5.74) is 14.3. The Morgan fingerprint density at radius 2 is 1.69 bits per heavy atom. The molecule has 4 N–H and O–H groups in total. The van der Waals surface area contributed by atoms with Crippen LogP contribution in [-0.4, -0.2) is 49.3 Å². The van der Waals surface area contributed by atoms with Crippen molar-refractivity contribution in [1.29, 1.82) is 0 Å². The van der Waals surface area contributed by atoms with Gasteiger partial charge in [-0.1, -0.05) is 54.6 Å². The lowest BCUT2D eigenvalue weighted by atomic mass is 10.1. The largest absolute Gasteiger partial charge is 0.398 e. The van der Waals surface area contributed by atoms with Crippen LogP contribution in [0.1, 0.15) is 15.9 Å². The van der Waals surface area contributed by atoms with Gasteiger partial charge in [-0.05, 0) is 62.1 Å². The first-order valence-corrected chi connectivity index (χ1v) is 11.3. The second kappa shape index (κ2) is 12.3. The first kappa shape index (κ1) is 27.7. The maximum Gasteiger partial charge on any atom is 0.266 e. The van der Waals surface area contributed by atoms with Gasteiger partial charge in [-0.25, -0.2) is 0 Å². The lowest BCUT2D eigenvalue weighted by Gasteiger charge is -2.26. The number of allylic oxidation sites excluding steroid dienone is 4. The second-order valence-corrected chi connectivity index (χ2v) is 8.78. The summed E-state index contributed by atoms with van der Waals surface area (Å²) in [6.45, 7) is 7.96. The number of benzene rings is 2. The first-order chi connectivity index (χ1) is 16.5. The van der Waals surface area contributed by atoms with Gasteiger partial charge in [0.15, 0.2) is 0 Å². The number of halogens is 2. The molecule has 0 saturated carbocycles. The summed E-state index contributed by atoms with van der Waals surface area (Å²) in [4.78, 5) is 30.5. The molecule has 0 fully saturated rings. The number of carbonyl (C=O) groups excluding carboxylic acids is 2. The summed E-state index contributed by atoms with van der Waals surface area (Å²) in [5.74, 6) is -0.524. The molecule has 2 aromatic rings. The minimum Gasteiger partial charge on any atom is -0.398 e. The van der Waals surface area contributed by atoms with Crippen molar-refractivity contribution in [1.82, 2.24) is 9.80 Å². The molecule has 7 nitrogen and oxygen atoms in total. The van der Waals surface area contributed by atoms with Gasteiger partial charge in [0.05, 0.1) is 17.8 Å². The Hall–Kier alpha value is -3.52. The van der Waals surface area contributed by atoms with Crippen LogP contribution in [0.5, 0.6) is 0 Å². The number of carbonyl (C=O) groups is 2. The van der Waals surface area contributed by atoms with Crippen molar-refractivity contribution in [3.63, 3.8) is 0 Å². The van der Waals surface area contributed by atoms with Crippen LogP contribution in [-0.2, 0) is 4.79 Å². The zero-order valence-electron chi connectivity index (χ0n) is 20.0. The highest BCUT2D eigenvalue weighted by molar-refractivity contribution is 6.31. The van der Waals surface area contributed by atoms with E-state index in [-0.39, 0.29) is 29.5 Å². The Morgan fingerprint density at radius 1 is 1.06 bits per heavy atom. The SMILES string of the molecule is C=C/C(Cl)=C\C=C(/N)N(C(=C)c1ccc(N(C)C(=O)CN(C)C)cc1)C(=O)c1cc(Cl)ccc1N. The smallest absolute Gasteiger partial charge is 0.266 e. The maximum absolute atomic E-state index is 13.5. The fourth-order valence-corrected chi connectivity index (χ4v) is 3.30. The normalized spacial score (nSPS) is 11.8. The average Bonchev–Trinajstić information content (AvgIpc) is 2.83. The minimum absolute atomic E-state index is 0.0572. The predicted octanol–water partition coefficient (Wildman–Crippen LogP) is 4.67. The molecular formula is C26H29Cl2N5O2. The Kier molecular flexibility index (Phi) is 9.71. The average molecular weight is 514 g/mol. The van der Waals surface area contributed by atoms with Crippen molar-refractivity contribution < 1.29 is 9.59 Å². The van der Waals surface area contributed by atoms with E-state index in [4.69, 9.17) is 34.7 Å². The third-order valence-corrected chi connectivity index (χ3v) is 5.51. The van der Waals surface area contributed by atoms with E-state index in [2.05, 4.69) is 13.2 Å². The van der Waals surface area contributed by atoms with Crippen LogP contribution in [0.4, 0.5) is 11.4 Å². The standard InChI is InChI=1S/C26H29Cl2N5O2/c1-6-19(27)10-14-24(30)33(26(35)22-15-20(28)9-13-23(22)29)17(2)18-7-11-21(12-8-18)32(5)25(34)16-31(3)4/h6-15H,1-2,16,29-30H2,3-5H3/b19-10+,24-14+. The molecule has 0 aliphatic carbocycles. The highest BCUT2D eigenvalue weighted by Gasteiger charge is 2.24. The van der Waals surface area contributed by atoms with Gasteiger partial charge < -0.3 is 21.3 Å². The quantitative estimate of drug-likeness (QED) is 0.375. The molecule has 0 heterocycles. The van der Waals surface area contributed by atoms with Crippen molar-refractivity contribution in [2.45, 2.75) is 0 Å². The van der Waals surface area contributed by atoms with Crippen LogP contribution >= 0.6 is 23.2 Å². The van der Waals surface area contributed by atoms with Crippen LogP contribution in [0, 0.1) is 0 Å². The van der Waals surface area contributed by atoms with Gasteiger partial charge in [0.2, 0.25) is 5.91 Å². The van der Waals surface area contributed by atoms with E-state index in [0.717, 1.165) is 0 Å². The van der Waals surface area contributed by atoms with Gasteiger partial charge in [-0.3, -0.25) is 14.5 Å². The molecule has 0 aromatic heterocycles. The van der Waals surface area contributed by atoms with Crippen LogP contribution < -0.4 is 16.4 Å². The molecule has 9 heteroatoms. The molecule has 0 unspecified atom stereocenters. The third kappa shape index (κ3) is 7.23. The molecule has 0 radical (unpaired) electrons. The summed E-state index contributed by atoms with van der Waals surface area (Å²) in [6, 6.07) is 11.6. The van der Waals surface area contributed by atoms with Gasteiger partial charge in [0.1, 0.15) is 5.82 Å². The highest BCUT2D eigenvalue weighted by atomic mass is 35.5. The number of likely N-dealkylation sites (N-methyl/N-ethyl adjacent to an activating group) is 2. The molecule has 2 aromatic carbocycles. The Balaban J connectivity index is 2.47. The minimum atomic E-state index is -0.519. The van der Waals surface area contributed by atoms with E-state index in [1.165, 1.54) is 29.2 Å². The Labute approximate surface area is 216 Å². The molecule has 0 saturated heterocycles. The maximum atomic E-state index is 13.5. The molecule has 0 spiro atoms. The van der Waals surface area contributed by atoms with Crippen LogP contribution in [0.25, 0.3) is 5.70 Å². The monoisotopic (exact) mass is 513 g/mol. The van der Waals surface area contributed by atoms with Crippen molar-refractivity contribution in [2.24, 2.45) is 5.73 Å². The molecule has 184 valence electrons. The highest BCUT2D eigenvalue weighted by Crippen LogP contribution is 2.28. The zero-order chi connectivity index (χ0) is 26.3. The van der Waals surface area contributed by atoms with Gasteiger partial charge in [0.25, 0.3) is 5.91 Å². The molecule has 0 aliphatic rings. The molecule has 2 rings (SSSR count). The number of hydrogen-bond acceptors (Lipinski definition) is 5.